The van der Waals surface area contributed by atoms with Crippen LogP contribution in [-0.4, -0.2) is 33.6 Å². The summed E-state index contributed by atoms with van der Waals surface area (Å²) >= 11 is 0. The molecule has 0 aliphatic heterocycles. The van der Waals surface area contributed by atoms with Crippen LogP contribution in [0.5, 0.6) is 0 Å². The molecule has 0 saturated heterocycles. The van der Waals surface area contributed by atoms with Gasteiger partial charge in [0.1, 0.15) is 0 Å². The van der Waals surface area contributed by atoms with Gasteiger partial charge in [0.15, 0.2) is 0 Å². The molecule has 0 amide bonds. The molecule has 4 fully saturated rings. The molecule has 4 aliphatic carbocycles. The van der Waals surface area contributed by atoms with Crippen molar-refractivity contribution in [3.05, 3.63) is 0 Å². The van der Waals surface area contributed by atoms with Crippen molar-refractivity contribution in [3.8, 4) is 0 Å². The average Bonchev–Trinajstić information content (AvgIpc) is 2.76. The highest BCUT2D eigenvalue weighted by Crippen LogP contribution is 2.69. The Kier molecular flexibility index (Phi) is 4.34. The van der Waals surface area contributed by atoms with Crippen LogP contribution in [0.3, 0.4) is 0 Å². The summed E-state index contributed by atoms with van der Waals surface area (Å²) in [5, 5.41) is 31.1. The van der Waals surface area contributed by atoms with Crippen LogP contribution >= 0.6 is 0 Å². The third-order valence-electron chi connectivity index (χ3n) is 9.99. The fourth-order valence-electron chi connectivity index (χ4n) is 8.18. The Bertz CT molecular complexity index is 517. The van der Waals surface area contributed by atoms with Crippen molar-refractivity contribution in [3.63, 3.8) is 0 Å². The minimum Gasteiger partial charge on any atom is -0.396 e. The van der Waals surface area contributed by atoms with Crippen LogP contribution in [0, 0.1) is 40.4 Å². The van der Waals surface area contributed by atoms with E-state index in [2.05, 4.69) is 20.8 Å². The first kappa shape index (κ1) is 18.3. The minimum absolute atomic E-state index is 0.00534. The van der Waals surface area contributed by atoms with Crippen LogP contribution in [-0.2, 0) is 0 Å². The summed E-state index contributed by atoms with van der Waals surface area (Å²) in [6, 6.07) is 0. The summed E-state index contributed by atoms with van der Waals surface area (Å²) in [6.45, 7) is 7.10. The van der Waals surface area contributed by atoms with Crippen molar-refractivity contribution in [2.24, 2.45) is 40.4 Å². The lowest BCUT2D eigenvalue weighted by Gasteiger charge is -2.61. The van der Waals surface area contributed by atoms with Crippen LogP contribution in [0.2, 0.25) is 0 Å². The molecule has 4 rings (SSSR count). The summed E-state index contributed by atoms with van der Waals surface area (Å²) in [4.78, 5) is 0. The number of rotatable bonds is 2. The van der Waals surface area contributed by atoms with E-state index in [1.54, 1.807) is 0 Å². The molecule has 0 spiro atoms. The van der Waals surface area contributed by atoms with Gasteiger partial charge in [-0.25, -0.2) is 0 Å². The van der Waals surface area contributed by atoms with Crippen molar-refractivity contribution in [2.75, 3.05) is 6.61 Å². The quantitative estimate of drug-likeness (QED) is 0.711. The van der Waals surface area contributed by atoms with E-state index in [-0.39, 0.29) is 24.0 Å². The van der Waals surface area contributed by atoms with E-state index in [9.17, 15) is 15.3 Å². The molecule has 0 unspecified atom stereocenters. The molecule has 3 nitrogen and oxygen atoms in total. The molecule has 3 heteroatoms. The third kappa shape index (κ3) is 2.41. The SMILES string of the molecule is C[C@]12CC[C@@H](O)C[C@H]1CC[C@@H]1[C@@H]2CC[C@@]2(C)[C@H]1C[C@@H](CCO)[C@]2(C)O. The number of hydrogen-bond donors (Lipinski definition) is 3. The molecule has 0 aromatic rings. The van der Waals surface area contributed by atoms with E-state index >= 15 is 0 Å². The summed E-state index contributed by atoms with van der Waals surface area (Å²) in [5.74, 6) is 3.02. The molecule has 0 heterocycles. The maximum atomic E-state index is 11.4. The van der Waals surface area contributed by atoms with Gasteiger partial charge in [-0.1, -0.05) is 13.8 Å². The molecule has 9 atom stereocenters. The van der Waals surface area contributed by atoms with Crippen LogP contribution < -0.4 is 0 Å². The third-order valence-corrected chi connectivity index (χ3v) is 9.99. The number of aliphatic hydroxyl groups excluding tert-OH is 2. The zero-order chi connectivity index (χ0) is 18.0. The summed E-state index contributed by atoms with van der Waals surface area (Å²) in [6.07, 6.45) is 9.81. The first-order chi connectivity index (χ1) is 11.7. The van der Waals surface area contributed by atoms with E-state index in [4.69, 9.17) is 0 Å². The van der Waals surface area contributed by atoms with Gasteiger partial charge in [0.25, 0.3) is 0 Å². The van der Waals surface area contributed by atoms with E-state index in [0.717, 1.165) is 43.9 Å². The second kappa shape index (κ2) is 5.94. The predicted octanol–water partition coefficient (Wildman–Crippen LogP) is 3.75. The Morgan fingerprint density at radius 1 is 0.920 bits per heavy atom. The lowest BCUT2D eigenvalue weighted by atomic mass is 9.44. The Morgan fingerprint density at radius 3 is 2.40 bits per heavy atom. The van der Waals surface area contributed by atoms with Gasteiger partial charge >= 0.3 is 0 Å². The van der Waals surface area contributed by atoms with E-state index in [1.165, 1.54) is 25.7 Å². The Labute approximate surface area is 153 Å². The average molecular weight is 351 g/mol. The first-order valence-electron chi connectivity index (χ1n) is 10.8. The normalized spacial score (nSPS) is 58.3. The first-order valence-corrected chi connectivity index (χ1v) is 10.8. The highest BCUT2D eigenvalue weighted by atomic mass is 16.3. The molecule has 0 aromatic carbocycles. The molecule has 0 radical (unpaired) electrons. The number of fused-ring (bicyclic) bond motifs is 5. The molecule has 4 aliphatic rings. The molecule has 0 bridgehead atoms. The van der Waals surface area contributed by atoms with Crippen LogP contribution in [0.4, 0.5) is 0 Å². The van der Waals surface area contributed by atoms with Gasteiger partial charge in [0.2, 0.25) is 0 Å². The van der Waals surface area contributed by atoms with Crippen LogP contribution in [0.25, 0.3) is 0 Å². The summed E-state index contributed by atoms with van der Waals surface area (Å²) in [7, 11) is 0. The predicted molar refractivity (Wildman–Crippen MR) is 98.9 cm³/mol. The van der Waals surface area contributed by atoms with Gasteiger partial charge in [0, 0.05) is 6.61 Å². The minimum atomic E-state index is -0.647. The monoisotopic (exact) mass is 350 g/mol. The molecule has 3 N–H and O–H groups in total. The number of hydrogen-bond acceptors (Lipinski definition) is 3. The lowest BCUT2D eigenvalue weighted by Crippen LogP contribution is -2.56. The second-order valence-electron chi connectivity index (χ2n) is 10.6. The topological polar surface area (TPSA) is 60.7 Å². The molecule has 4 saturated carbocycles. The lowest BCUT2D eigenvalue weighted by molar-refractivity contribution is -0.159. The van der Waals surface area contributed by atoms with Crippen molar-refractivity contribution >= 4 is 0 Å². The van der Waals surface area contributed by atoms with Gasteiger partial charge in [-0.15, -0.1) is 0 Å². The van der Waals surface area contributed by atoms with Crippen molar-refractivity contribution in [1.29, 1.82) is 0 Å². The molecule has 144 valence electrons. The van der Waals surface area contributed by atoms with E-state index < -0.39 is 5.60 Å². The van der Waals surface area contributed by atoms with Crippen LogP contribution in [0.1, 0.15) is 78.6 Å². The van der Waals surface area contributed by atoms with Gasteiger partial charge in [0.05, 0.1) is 11.7 Å². The van der Waals surface area contributed by atoms with Crippen molar-refractivity contribution in [1.82, 2.24) is 0 Å². The highest BCUT2D eigenvalue weighted by Gasteiger charge is 2.65. The molecular weight excluding hydrogens is 312 g/mol. The smallest absolute Gasteiger partial charge is 0.0704 e. The van der Waals surface area contributed by atoms with Gasteiger partial charge < -0.3 is 15.3 Å². The molecular formula is C22H38O3. The maximum Gasteiger partial charge on any atom is 0.0704 e. The number of aliphatic hydroxyl groups is 3. The van der Waals surface area contributed by atoms with Crippen molar-refractivity contribution in [2.45, 2.75) is 90.3 Å². The van der Waals surface area contributed by atoms with Crippen LogP contribution in [0.15, 0.2) is 0 Å². The maximum absolute atomic E-state index is 11.4. The van der Waals surface area contributed by atoms with Crippen molar-refractivity contribution < 1.29 is 15.3 Å². The fraction of sp³-hybridized carbons (Fsp3) is 1.00. The highest BCUT2D eigenvalue weighted by molar-refractivity contribution is 5.15. The molecule has 0 aromatic heterocycles. The zero-order valence-corrected chi connectivity index (χ0v) is 16.4. The summed E-state index contributed by atoms with van der Waals surface area (Å²) < 4.78 is 0. The Morgan fingerprint density at radius 2 is 1.68 bits per heavy atom. The van der Waals surface area contributed by atoms with Gasteiger partial charge in [-0.2, -0.15) is 0 Å². The van der Waals surface area contributed by atoms with Gasteiger partial charge in [-0.3, -0.25) is 0 Å². The zero-order valence-electron chi connectivity index (χ0n) is 16.4. The van der Waals surface area contributed by atoms with Gasteiger partial charge in [-0.05, 0) is 105 Å². The fourth-order valence-corrected chi connectivity index (χ4v) is 8.18. The Balaban J connectivity index is 1.63. The second-order valence-corrected chi connectivity index (χ2v) is 10.6. The standard InChI is InChI=1S/C22H38O3/c1-20-9-6-16(24)12-14(20)4-5-17-18(20)7-10-21(2)19(17)13-15(8-11-23)22(21,3)25/h14-19,23-25H,4-13H2,1-3H3/t14-,15-,16-,17-,18+,19+,20+,21+,22+/m1/s1. The largest absolute Gasteiger partial charge is 0.396 e. The van der Waals surface area contributed by atoms with E-state index in [0.29, 0.717) is 17.3 Å². The van der Waals surface area contributed by atoms with E-state index in [1.807, 2.05) is 0 Å². The summed E-state index contributed by atoms with van der Waals surface area (Å²) in [5.41, 5.74) is -0.248. The molecule has 25 heavy (non-hydrogen) atoms. The Hall–Kier alpha value is -0.120.